The number of imide groups is 2. The van der Waals surface area contributed by atoms with E-state index in [1.54, 1.807) is 9.80 Å². The summed E-state index contributed by atoms with van der Waals surface area (Å²) in [5.41, 5.74) is 13.2. The minimum atomic E-state index is -0.464. The molecule has 2 aromatic carbocycles. The molecule has 0 aliphatic carbocycles. The van der Waals surface area contributed by atoms with Crippen LogP contribution in [0.15, 0.2) is 48.5 Å². The van der Waals surface area contributed by atoms with Gasteiger partial charge < -0.3 is 26.0 Å². The van der Waals surface area contributed by atoms with Crippen molar-refractivity contribution in [3.63, 3.8) is 0 Å². The molecular weight excluding hydrogens is 644 g/mol. The number of urea groups is 2. The SMILES string of the molecule is CCCCCCN1C(=O)[C@H](CCCCN)N(Cc2ccc(Oc3ccc(CN4C(=O)N(CCCCCC)C(=O)[C@@H]4CCCCN)cc3)cc2)C1=O. The van der Waals surface area contributed by atoms with Crippen LogP contribution in [0.25, 0.3) is 0 Å². The average Bonchev–Trinajstić information content (AvgIpc) is 3.48. The molecule has 0 unspecified atom stereocenters. The summed E-state index contributed by atoms with van der Waals surface area (Å²) in [6.45, 7) is 7.03. The molecule has 2 saturated heterocycles. The molecule has 11 heteroatoms. The van der Waals surface area contributed by atoms with E-state index in [2.05, 4.69) is 13.8 Å². The molecule has 4 N–H and O–H groups in total. The van der Waals surface area contributed by atoms with Gasteiger partial charge in [0.05, 0.1) is 0 Å². The van der Waals surface area contributed by atoms with Crippen molar-refractivity contribution in [3.8, 4) is 11.5 Å². The summed E-state index contributed by atoms with van der Waals surface area (Å²) < 4.78 is 6.13. The Balaban J connectivity index is 1.36. The Hall–Kier alpha value is -3.96. The van der Waals surface area contributed by atoms with Gasteiger partial charge in [0, 0.05) is 26.2 Å². The van der Waals surface area contributed by atoms with Crippen LogP contribution in [0, 0.1) is 0 Å². The minimum Gasteiger partial charge on any atom is -0.457 e. The predicted molar refractivity (Wildman–Crippen MR) is 200 cm³/mol. The molecule has 280 valence electrons. The molecule has 6 amide bonds. The molecule has 0 aromatic heterocycles. The van der Waals surface area contributed by atoms with E-state index >= 15 is 0 Å². The van der Waals surface area contributed by atoms with Crippen LogP contribution in [0.3, 0.4) is 0 Å². The Morgan fingerprint density at radius 1 is 0.529 bits per heavy atom. The smallest absolute Gasteiger partial charge is 0.327 e. The topological polar surface area (TPSA) is 143 Å². The number of nitrogens with two attached hydrogens (primary N) is 2. The van der Waals surface area contributed by atoms with E-state index in [4.69, 9.17) is 16.2 Å². The number of carbonyl (C=O) groups excluding carboxylic acids is 4. The normalized spacial score (nSPS) is 17.8. The molecule has 2 aliphatic rings. The van der Waals surface area contributed by atoms with Gasteiger partial charge in [0.1, 0.15) is 23.6 Å². The molecule has 51 heavy (non-hydrogen) atoms. The van der Waals surface area contributed by atoms with Crippen LogP contribution < -0.4 is 16.2 Å². The van der Waals surface area contributed by atoms with Crippen molar-refractivity contribution < 1.29 is 23.9 Å². The maximum Gasteiger partial charge on any atom is 0.327 e. The van der Waals surface area contributed by atoms with Crippen LogP contribution in [-0.4, -0.2) is 81.7 Å². The van der Waals surface area contributed by atoms with Crippen molar-refractivity contribution in [1.29, 1.82) is 0 Å². The quantitative estimate of drug-likeness (QED) is 0.0872. The molecule has 2 fully saturated rings. The third-order valence-electron chi connectivity index (χ3n) is 9.93. The summed E-state index contributed by atoms with van der Waals surface area (Å²) in [4.78, 5) is 59.7. The predicted octanol–water partition coefficient (Wildman–Crippen LogP) is 7.16. The van der Waals surface area contributed by atoms with Crippen molar-refractivity contribution in [1.82, 2.24) is 19.6 Å². The molecule has 2 atom stereocenters. The first-order valence-corrected chi connectivity index (χ1v) is 19.3. The molecule has 0 radical (unpaired) electrons. The Bertz CT molecular complexity index is 1300. The van der Waals surface area contributed by atoms with Gasteiger partial charge >= 0.3 is 12.1 Å². The number of unbranched alkanes of at least 4 members (excludes halogenated alkanes) is 8. The van der Waals surface area contributed by atoms with Crippen molar-refractivity contribution in [2.24, 2.45) is 11.5 Å². The van der Waals surface area contributed by atoms with Crippen LogP contribution >= 0.6 is 0 Å². The highest BCUT2D eigenvalue weighted by molar-refractivity contribution is 6.04. The van der Waals surface area contributed by atoms with E-state index in [9.17, 15) is 19.2 Å². The van der Waals surface area contributed by atoms with E-state index in [0.717, 1.165) is 88.2 Å². The number of rotatable bonds is 24. The Kier molecular flexibility index (Phi) is 16.2. The monoisotopic (exact) mass is 704 g/mol. The molecule has 2 aliphatic heterocycles. The summed E-state index contributed by atoms with van der Waals surface area (Å²) in [5, 5.41) is 0. The van der Waals surface area contributed by atoms with Crippen LogP contribution in [-0.2, 0) is 22.7 Å². The first-order valence-electron chi connectivity index (χ1n) is 19.3. The van der Waals surface area contributed by atoms with E-state index < -0.39 is 12.1 Å². The van der Waals surface area contributed by atoms with E-state index in [-0.39, 0.29) is 23.9 Å². The largest absolute Gasteiger partial charge is 0.457 e. The lowest BCUT2D eigenvalue weighted by Crippen LogP contribution is -2.35. The lowest BCUT2D eigenvalue weighted by molar-refractivity contribution is -0.129. The zero-order valence-corrected chi connectivity index (χ0v) is 30.9. The van der Waals surface area contributed by atoms with E-state index in [1.165, 1.54) is 9.80 Å². The fourth-order valence-corrected chi connectivity index (χ4v) is 6.93. The summed E-state index contributed by atoms with van der Waals surface area (Å²) in [7, 11) is 0. The Labute approximate surface area is 304 Å². The molecule has 2 heterocycles. The Morgan fingerprint density at radius 2 is 0.922 bits per heavy atom. The summed E-state index contributed by atoms with van der Waals surface area (Å²) >= 11 is 0. The number of ether oxygens (including phenoxy) is 1. The second-order valence-electron chi connectivity index (χ2n) is 13.9. The maximum absolute atomic E-state index is 13.4. The number of carbonyl (C=O) groups is 4. The van der Waals surface area contributed by atoms with Gasteiger partial charge in [-0.05, 0) is 99.8 Å². The van der Waals surface area contributed by atoms with Gasteiger partial charge in [-0.3, -0.25) is 19.4 Å². The molecule has 0 bridgehead atoms. The lowest BCUT2D eigenvalue weighted by atomic mass is 10.1. The van der Waals surface area contributed by atoms with Crippen LogP contribution in [0.2, 0.25) is 0 Å². The van der Waals surface area contributed by atoms with Gasteiger partial charge in [-0.2, -0.15) is 0 Å². The average molecular weight is 705 g/mol. The fraction of sp³-hybridized carbons (Fsp3) is 0.600. The number of benzene rings is 2. The van der Waals surface area contributed by atoms with E-state index in [0.29, 0.717) is 63.6 Å². The van der Waals surface area contributed by atoms with Crippen molar-refractivity contribution in [2.75, 3.05) is 26.2 Å². The summed E-state index contributed by atoms with van der Waals surface area (Å²) in [5.74, 6) is 1.09. The summed E-state index contributed by atoms with van der Waals surface area (Å²) in [6, 6.07) is 13.8. The molecule has 0 saturated carbocycles. The highest BCUT2D eigenvalue weighted by atomic mass is 16.5. The second-order valence-corrected chi connectivity index (χ2v) is 13.9. The van der Waals surface area contributed by atoms with Crippen molar-refractivity contribution in [2.45, 2.75) is 129 Å². The summed E-state index contributed by atoms with van der Waals surface area (Å²) in [6.07, 6.45) is 12.5. The molecular formula is C40H60N6O5. The van der Waals surface area contributed by atoms with Crippen LogP contribution in [0.4, 0.5) is 9.59 Å². The van der Waals surface area contributed by atoms with Gasteiger partial charge in [-0.25, -0.2) is 9.59 Å². The molecule has 2 aromatic rings. The number of hydrogen-bond donors (Lipinski definition) is 2. The standard InChI is InChI=1S/C40H60N6O5/c1-3-5-7-13-27-43-37(47)35(15-9-11-25-41)45(39(43)49)29-31-17-21-33(22-18-31)51-34-23-19-32(20-24-34)30-46-36(16-10-12-26-42)38(48)44(40(46)50)28-14-8-6-4-2/h17-24,35-36H,3-16,25-30,41-42H2,1-2H3/t35-,36-/m0/s1. The highest BCUT2D eigenvalue weighted by Gasteiger charge is 2.45. The minimum absolute atomic E-state index is 0.0977. The highest BCUT2D eigenvalue weighted by Crippen LogP contribution is 2.29. The van der Waals surface area contributed by atoms with Crippen molar-refractivity contribution >= 4 is 23.9 Å². The third-order valence-corrected chi connectivity index (χ3v) is 9.93. The number of amides is 6. The number of hydrogen-bond acceptors (Lipinski definition) is 7. The van der Waals surface area contributed by atoms with Gasteiger partial charge in [-0.15, -0.1) is 0 Å². The van der Waals surface area contributed by atoms with E-state index in [1.807, 2.05) is 48.5 Å². The van der Waals surface area contributed by atoms with Crippen LogP contribution in [0.5, 0.6) is 11.5 Å². The van der Waals surface area contributed by atoms with Crippen LogP contribution in [0.1, 0.15) is 115 Å². The van der Waals surface area contributed by atoms with Gasteiger partial charge in [-0.1, -0.05) is 76.6 Å². The second kappa shape index (κ2) is 20.8. The molecule has 11 nitrogen and oxygen atoms in total. The zero-order chi connectivity index (χ0) is 36.6. The number of nitrogens with zero attached hydrogens (tertiary/aromatic N) is 4. The first-order chi connectivity index (χ1) is 24.8. The zero-order valence-electron chi connectivity index (χ0n) is 30.9. The van der Waals surface area contributed by atoms with Gasteiger partial charge in [0.2, 0.25) is 0 Å². The molecule has 4 rings (SSSR count). The molecule has 0 spiro atoms. The maximum atomic E-state index is 13.4. The van der Waals surface area contributed by atoms with Gasteiger partial charge in [0.15, 0.2) is 0 Å². The first kappa shape index (κ1) is 39.8. The Morgan fingerprint density at radius 3 is 1.27 bits per heavy atom. The fourth-order valence-electron chi connectivity index (χ4n) is 6.93. The van der Waals surface area contributed by atoms with Gasteiger partial charge in [0.25, 0.3) is 11.8 Å². The van der Waals surface area contributed by atoms with Crippen molar-refractivity contribution in [3.05, 3.63) is 59.7 Å². The third kappa shape index (κ3) is 11.0. The lowest BCUT2D eigenvalue weighted by Gasteiger charge is -2.22.